The molecule has 1 aliphatic rings. The van der Waals surface area contributed by atoms with Gasteiger partial charge >= 0.3 is 0 Å². The lowest BCUT2D eigenvalue weighted by molar-refractivity contribution is -0.00501. The quantitative estimate of drug-likeness (QED) is 0.417. The van der Waals surface area contributed by atoms with Crippen molar-refractivity contribution in [2.45, 2.75) is 51.0 Å². The van der Waals surface area contributed by atoms with E-state index in [0.717, 1.165) is 57.9 Å². The normalized spacial score (nSPS) is 17.4. The molecule has 1 heterocycles. The maximum Gasteiger partial charge on any atom is 0.191 e. The number of likely N-dealkylation sites (N-methyl/N-ethyl adjacent to an activating group) is 1. The van der Waals surface area contributed by atoms with E-state index < -0.39 is 0 Å². The molecule has 0 aromatic heterocycles. The maximum atomic E-state index is 5.55. The van der Waals surface area contributed by atoms with Crippen molar-refractivity contribution in [3.05, 3.63) is 35.4 Å². The van der Waals surface area contributed by atoms with E-state index in [4.69, 9.17) is 4.74 Å². The standard InChI is InChI=1S/C22H38N4O/c1-18(2)20-10-8-19(9-11-20)7-6-14-24-21(23-3)25-17-22(26(4)5)12-15-27-16-13-22/h8-11,18H,6-7,12-17H2,1-5H3,(H2,23,24,25). The molecule has 0 bridgehead atoms. The SMILES string of the molecule is CN=C(NCCCc1ccc(C(C)C)cc1)NCC1(N(C)C)CCOCC1. The highest BCUT2D eigenvalue weighted by atomic mass is 16.5. The summed E-state index contributed by atoms with van der Waals surface area (Å²) in [7, 11) is 6.16. The molecule has 152 valence electrons. The smallest absolute Gasteiger partial charge is 0.191 e. The molecular formula is C22H38N4O. The van der Waals surface area contributed by atoms with Gasteiger partial charge in [-0.15, -0.1) is 0 Å². The Morgan fingerprint density at radius 2 is 1.81 bits per heavy atom. The summed E-state index contributed by atoms with van der Waals surface area (Å²) in [5.41, 5.74) is 2.95. The van der Waals surface area contributed by atoms with Crippen LogP contribution in [0.1, 0.15) is 50.2 Å². The summed E-state index contributed by atoms with van der Waals surface area (Å²) in [6.07, 6.45) is 4.28. The number of hydrogen-bond acceptors (Lipinski definition) is 3. The number of nitrogens with one attached hydrogen (secondary N) is 2. The molecule has 2 N–H and O–H groups in total. The number of benzene rings is 1. The van der Waals surface area contributed by atoms with Gasteiger partial charge in [-0.05, 0) is 56.8 Å². The summed E-state index contributed by atoms with van der Waals surface area (Å²) < 4.78 is 5.55. The third-order valence-corrected chi connectivity index (χ3v) is 5.76. The molecule has 5 heteroatoms. The van der Waals surface area contributed by atoms with Gasteiger partial charge in [-0.2, -0.15) is 0 Å². The van der Waals surface area contributed by atoms with Crippen molar-refractivity contribution in [1.82, 2.24) is 15.5 Å². The second-order valence-corrected chi connectivity index (χ2v) is 8.08. The lowest BCUT2D eigenvalue weighted by Gasteiger charge is -2.43. The maximum absolute atomic E-state index is 5.55. The Kier molecular flexibility index (Phi) is 8.58. The molecule has 2 rings (SSSR count). The van der Waals surface area contributed by atoms with Gasteiger partial charge in [0.1, 0.15) is 0 Å². The fourth-order valence-electron chi connectivity index (χ4n) is 3.57. The number of guanidine groups is 1. The van der Waals surface area contributed by atoms with Gasteiger partial charge in [0.25, 0.3) is 0 Å². The van der Waals surface area contributed by atoms with Gasteiger partial charge in [0, 0.05) is 38.9 Å². The Labute approximate surface area is 165 Å². The summed E-state index contributed by atoms with van der Waals surface area (Å²) >= 11 is 0. The zero-order valence-electron chi connectivity index (χ0n) is 17.8. The average Bonchev–Trinajstić information content (AvgIpc) is 2.68. The van der Waals surface area contributed by atoms with Gasteiger partial charge in [-0.3, -0.25) is 4.99 Å². The van der Waals surface area contributed by atoms with Crippen molar-refractivity contribution >= 4 is 5.96 Å². The van der Waals surface area contributed by atoms with Crippen LogP contribution in [0.3, 0.4) is 0 Å². The molecule has 0 atom stereocenters. The number of hydrogen-bond donors (Lipinski definition) is 2. The number of aliphatic imine (C=N–C) groups is 1. The molecule has 1 saturated heterocycles. The Bertz CT molecular complexity index is 574. The Hall–Kier alpha value is -1.59. The van der Waals surface area contributed by atoms with E-state index in [1.807, 2.05) is 7.05 Å². The topological polar surface area (TPSA) is 48.9 Å². The number of rotatable bonds is 8. The first-order valence-electron chi connectivity index (χ1n) is 10.3. The Morgan fingerprint density at radius 3 is 2.37 bits per heavy atom. The van der Waals surface area contributed by atoms with Crippen LogP contribution in [-0.2, 0) is 11.2 Å². The van der Waals surface area contributed by atoms with Gasteiger partial charge in [0.15, 0.2) is 5.96 Å². The molecular weight excluding hydrogens is 336 g/mol. The number of ether oxygens (including phenoxy) is 1. The molecule has 0 amide bonds. The summed E-state index contributed by atoms with van der Waals surface area (Å²) in [5, 5.41) is 6.98. The van der Waals surface area contributed by atoms with E-state index >= 15 is 0 Å². The van der Waals surface area contributed by atoms with E-state index in [0.29, 0.717) is 5.92 Å². The number of aryl methyl sites for hydroxylation is 1. The summed E-state index contributed by atoms with van der Waals surface area (Å²) in [5.74, 6) is 1.48. The van der Waals surface area contributed by atoms with Crippen LogP contribution in [0.5, 0.6) is 0 Å². The van der Waals surface area contributed by atoms with Crippen molar-refractivity contribution < 1.29 is 4.74 Å². The lowest BCUT2D eigenvalue weighted by atomic mass is 9.88. The summed E-state index contributed by atoms with van der Waals surface area (Å²) in [6.45, 7) is 7.95. The van der Waals surface area contributed by atoms with E-state index in [2.05, 4.69) is 72.7 Å². The van der Waals surface area contributed by atoms with E-state index in [9.17, 15) is 0 Å². The molecule has 0 saturated carbocycles. The van der Waals surface area contributed by atoms with Crippen LogP contribution < -0.4 is 10.6 Å². The molecule has 1 aromatic rings. The zero-order chi connectivity index (χ0) is 19.7. The van der Waals surface area contributed by atoms with E-state index in [1.165, 1.54) is 11.1 Å². The predicted octanol–water partition coefficient (Wildman–Crippen LogP) is 3.02. The van der Waals surface area contributed by atoms with Crippen LogP contribution in [0, 0.1) is 0 Å². The van der Waals surface area contributed by atoms with Crippen LogP contribution >= 0.6 is 0 Å². The first-order valence-corrected chi connectivity index (χ1v) is 10.3. The predicted molar refractivity (Wildman–Crippen MR) is 115 cm³/mol. The largest absolute Gasteiger partial charge is 0.381 e. The minimum absolute atomic E-state index is 0.147. The Balaban J connectivity index is 1.73. The molecule has 27 heavy (non-hydrogen) atoms. The lowest BCUT2D eigenvalue weighted by Crippen LogP contribution is -2.57. The minimum atomic E-state index is 0.147. The van der Waals surface area contributed by atoms with Crippen molar-refractivity contribution in [3.8, 4) is 0 Å². The van der Waals surface area contributed by atoms with Crippen molar-refractivity contribution in [1.29, 1.82) is 0 Å². The van der Waals surface area contributed by atoms with Crippen LogP contribution in [0.4, 0.5) is 0 Å². The fraction of sp³-hybridized carbons (Fsp3) is 0.682. The van der Waals surface area contributed by atoms with Crippen LogP contribution in [0.2, 0.25) is 0 Å². The van der Waals surface area contributed by atoms with E-state index in [-0.39, 0.29) is 5.54 Å². The molecule has 0 radical (unpaired) electrons. The molecule has 0 aliphatic carbocycles. The van der Waals surface area contributed by atoms with Crippen molar-refractivity contribution in [3.63, 3.8) is 0 Å². The first kappa shape index (κ1) is 21.7. The second-order valence-electron chi connectivity index (χ2n) is 8.08. The first-order chi connectivity index (χ1) is 13.0. The molecule has 1 aliphatic heterocycles. The van der Waals surface area contributed by atoms with Crippen LogP contribution in [0.25, 0.3) is 0 Å². The molecule has 5 nitrogen and oxygen atoms in total. The molecule has 0 spiro atoms. The number of nitrogens with zero attached hydrogens (tertiary/aromatic N) is 2. The molecule has 1 aromatic carbocycles. The van der Waals surface area contributed by atoms with Crippen molar-refractivity contribution in [2.24, 2.45) is 4.99 Å². The third-order valence-electron chi connectivity index (χ3n) is 5.76. The van der Waals surface area contributed by atoms with Gasteiger partial charge in [0.2, 0.25) is 0 Å². The Morgan fingerprint density at radius 1 is 1.15 bits per heavy atom. The van der Waals surface area contributed by atoms with Crippen molar-refractivity contribution in [2.75, 3.05) is 47.4 Å². The average molecular weight is 375 g/mol. The summed E-state index contributed by atoms with van der Waals surface area (Å²) in [4.78, 5) is 6.71. The monoisotopic (exact) mass is 374 g/mol. The van der Waals surface area contributed by atoms with Gasteiger partial charge < -0.3 is 20.3 Å². The van der Waals surface area contributed by atoms with Crippen LogP contribution in [0.15, 0.2) is 29.3 Å². The fourth-order valence-corrected chi connectivity index (χ4v) is 3.57. The van der Waals surface area contributed by atoms with E-state index in [1.54, 1.807) is 0 Å². The highest BCUT2D eigenvalue weighted by molar-refractivity contribution is 5.79. The zero-order valence-corrected chi connectivity index (χ0v) is 17.8. The van der Waals surface area contributed by atoms with Gasteiger partial charge in [-0.25, -0.2) is 0 Å². The van der Waals surface area contributed by atoms with Gasteiger partial charge in [-0.1, -0.05) is 38.1 Å². The minimum Gasteiger partial charge on any atom is -0.381 e. The third kappa shape index (κ3) is 6.51. The highest BCUT2D eigenvalue weighted by Crippen LogP contribution is 2.25. The highest BCUT2D eigenvalue weighted by Gasteiger charge is 2.34. The summed E-state index contributed by atoms with van der Waals surface area (Å²) in [6, 6.07) is 9.02. The molecule has 0 unspecified atom stereocenters. The van der Waals surface area contributed by atoms with Gasteiger partial charge in [0.05, 0.1) is 0 Å². The molecule has 1 fully saturated rings. The van der Waals surface area contributed by atoms with Crippen LogP contribution in [-0.4, -0.2) is 63.8 Å². The second kappa shape index (κ2) is 10.7.